The molecule has 0 unspecified atom stereocenters. The molecule has 0 radical (unpaired) electrons. The van der Waals surface area contributed by atoms with Crippen molar-refractivity contribution in [1.82, 2.24) is 9.88 Å². The van der Waals surface area contributed by atoms with Crippen molar-refractivity contribution in [2.45, 2.75) is 12.8 Å². The van der Waals surface area contributed by atoms with Crippen molar-refractivity contribution in [3.05, 3.63) is 59.1 Å². The van der Waals surface area contributed by atoms with E-state index in [9.17, 15) is 4.79 Å². The van der Waals surface area contributed by atoms with E-state index in [4.69, 9.17) is 11.6 Å². The molecule has 4 nitrogen and oxygen atoms in total. The lowest BCUT2D eigenvalue weighted by molar-refractivity contribution is -0.118. The normalized spacial score (nSPS) is 10.8. The Kier molecular flexibility index (Phi) is 8.05. The van der Waals surface area contributed by atoms with E-state index in [2.05, 4.69) is 9.88 Å². The summed E-state index contributed by atoms with van der Waals surface area (Å²) in [6.45, 7) is 1.56. The van der Waals surface area contributed by atoms with Crippen molar-refractivity contribution >= 4 is 56.6 Å². The molecule has 1 amide bonds. The van der Waals surface area contributed by atoms with Crippen molar-refractivity contribution in [1.29, 1.82) is 0 Å². The summed E-state index contributed by atoms with van der Waals surface area (Å²) in [7, 11) is 4.07. The summed E-state index contributed by atoms with van der Waals surface area (Å²) in [4.78, 5) is 21.6. The van der Waals surface area contributed by atoms with Gasteiger partial charge in [-0.3, -0.25) is 9.69 Å². The second-order valence-corrected chi connectivity index (χ2v) is 7.86. The lowest BCUT2D eigenvalue weighted by Crippen LogP contribution is -2.34. The third-order valence-corrected chi connectivity index (χ3v) is 5.42. The Morgan fingerprint density at radius 3 is 2.48 bits per heavy atom. The fraction of sp³-hybridized carbons (Fsp3) is 0.300. The van der Waals surface area contributed by atoms with Gasteiger partial charge in [0, 0.05) is 6.54 Å². The van der Waals surface area contributed by atoms with Crippen molar-refractivity contribution < 1.29 is 4.79 Å². The first-order chi connectivity index (χ1) is 12.5. The number of amides is 1. The number of hydrogen-bond acceptors (Lipinski definition) is 4. The van der Waals surface area contributed by atoms with Crippen LogP contribution < -0.4 is 4.90 Å². The third-order valence-electron chi connectivity index (χ3n) is 4.08. The molecule has 3 rings (SSSR count). The van der Waals surface area contributed by atoms with E-state index < -0.39 is 0 Å². The van der Waals surface area contributed by atoms with Crippen LogP contribution in [-0.4, -0.2) is 43.0 Å². The topological polar surface area (TPSA) is 36.4 Å². The Morgan fingerprint density at radius 1 is 1.07 bits per heavy atom. The molecule has 0 atom stereocenters. The molecule has 3 aromatic rings. The average Bonchev–Trinajstić information content (AvgIpc) is 3.04. The minimum Gasteiger partial charge on any atom is -0.309 e. The molecule has 0 bridgehead atoms. The van der Waals surface area contributed by atoms with E-state index in [0.29, 0.717) is 23.1 Å². The largest absolute Gasteiger partial charge is 0.309 e. The highest BCUT2D eigenvalue weighted by Gasteiger charge is 2.20. The minimum absolute atomic E-state index is 0. The van der Waals surface area contributed by atoms with Gasteiger partial charge in [-0.2, -0.15) is 0 Å². The quantitative estimate of drug-likeness (QED) is 0.542. The molecule has 1 aromatic heterocycles. The van der Waals surface area contributed by atoms with Crippen molar-refractivity contribution in [3.63, 3.8) is 0 Å². The fourth-order valence-corrected chi connectivity index (χ4v) is 4.07. The van der Waals surface area contributed by atoms with Crippen molar-refractivity contribution in [2.24, 2.45) is 0 Å². The summed E-state index contributed by atoms with van der Waals surface area (Å²) in [5, 5.41) is 1.33. The second-order valence-electron chi connectivity index (χ2n) is 6.45. The Hall–Kier alpha value is -1.66. The molecule has 0 aliphatic heterocycles. The molecule has 144 valence electrons. The number of halogens is 2. The van der Waals surface area contributed by atoms with E-state index in [1.54, 1.807) is 4.90 Å². The number of benzene rings is 2. The molecular formula is C20H23Cl2N3OS. The molecule has 1 heterocycles. The highest BCUT2D eigenvalue weighted by atomic mass is 35.5. The maximum Gasteiger partial charge on any atom is 0.233 e. The van der Waals surface area contributed by atoms with Gasteiger partial charge in [0.05, 0.1) is 16.1 Å². The summed E-state index contributed by atoms with van der Waals surface area (Å²) >= 11 is 7.78. The van der Waals surface area contributed by atoms with E-state index in [1.807, 2.05) is 62.6 Å². The zero-order chi connectivity index (χ0) is 18.5. The number of aromatic nitrogens is 1. The maximum absolute atomic E-state index is 13.0. The van der Waals surface area contributed by atoms with E-state index in [0.717, 1.165) is 28.7 Å². The summed E-state index contributed by atoms with van der Waals surface area (Å²) in [5.41, 5.74) is 1.77. The summed E-state index contributed by atoms with van der Waals surface area (Å²) in [6, 6.07) is 15.5. The SMILES string of the molecule is CN(C)CCCN(C(=O)Cc1ccccc1)c1nc2c(Cl)cccc2s1.Cl. The van der Waals surface area contributed by atoms with Gasteiger partial charge in [0.2, 0.25) is 5.91 Å². The van der Waals surface area contributed by atoms with Crippen LogP contribution in [0.25, 0.3) is 10.2 Å². The van der Waals surface area contributed by atoms with Crippen LogP contribution in [0, 0.1) is 0 Å². The molecule has 27 heavy (non-hydrogen) atoms. The smallest absolute Gasteiger partial charge is 0.233 e. The van der Waals surface area contributed by atoms with E-state index in [1.165, 1.54) is 11.3 Å². The molecule has 7 heteroatoms. The number of carbonyl (C=O) groups excluding carboxylic acids is 1. The van der Waals surface area contributed by atoms with Crippen LogP contribution in [0.2, 0.25) is 5.02 Å². The molecule has 0 spiro atoms. The number of fused-ring (bicyclic) bond motifs is 1. The van der Waals surface area contributed by atoms with Gasteiger partial charge in [0.1, 0.15) is 5.52 Å². The Labute approximate surface area is 175 Å². The number of thiazole rings is 1. The number of para-hydroxylation sites is 1. The molecule has 0 aliphatic rings. The van der Waals surface area contributed by atoms with Gasteiger partial charge in [0.15, 0.2) is 5.13 Å². The van der Waals surface area contributed by atoms with Crippen molar-refractivity contribution in [2.75, 3.05) is 32.1 Å². The molecular weight excluding hydrogens is 401 g/mol. The van der Waals surface area contributed by atoms with Gasteiger partial charge < -0.3 is 4.90 Å². The maximum atomic E-state index is 13.0. The van der Waals surface area contributed by atoms with Gasteiger partial charge >= 0.3 is 0 Å². The van der Waals surface area contributed by atoms with Crippen LogP contribution in [0.15, 0.2) is 48.5 Å². The third kappa shape index (κ3) is 5.66. The number of rotatable bonds is 7. The van der Waals surface area contributed by atoms with Gasteiger partial charge in [-0.15, -0.1) is 12.4 Å². The fourth-order valence-electron chi connectivity index (χ4n) is 2.76. The first kappa shape index (κ1) is 21.6. The second kappa shape index (κ2) is 10.0. The molecule has 0 aliphatic carbocycles. The zero-order valence-electron chi connectivity index (χ0n) is 15.4. The first-order valence-electron chi connectivity index (χ1n) is 8.58. The lowest BCUT2D eigenvalue weighted by atomic mass is 10.1. The minimum atomic E-state index is 0. The summed E-state index contributed by atoms with van der Waals surface area (Å²) in [6.07, 6.45) is 1.25. The predicted molar refractivity (Wildman–Crippen MR) is 118 cm³/mol. The van der Waals surface area contributed by atoms with E-state index >= 15 is 0 Å². The monoisotopic (exact) mass is 423 g/mol. The first-order valence-corrected chi connectivity index (χ1v) is 9.78. The lowest BCUT2D eigenvalue weighted by Gasteiger charge is -2.21. The number of nitrogens with zero attached hydrogens (tertiary/aromatic N) is 3. The van der Waals surface area contributed by atoms with Gasteiger partial charge in [-0.05, 0) is 44.8 Å². The van der Waals surface area contributed by atoms with Crippen LogP contribution >= 0.6 is 35.3 Å². The van der Waals surface area contributed by atoms with E-state index in [-0.39, 0.29) is 18.3 Å². The molecule has 2 aromatic carbocycles. The van der Waals surface area contributed by atoms with Gasteiger partial charge in [-0.1, -0.05) is 59.3 Å². The Balaban J connectivity index is 0.00000261. The molecule has 0 saturated carbocycles. The molecule has 0 fully saturated rings. The number of anilines is 1. The highest BCUT2D eigenvalue weighted by molar-refractivity contribution is 7.22. The summed E-state index contributed by atoms with van der Waals surface area (Å²) in [5.74, 6) is 0.0603. The zero-order valence-corrected chi connectivity index (χ0v) is 17.8. The Morgan fingerprint density at radius 2 is 1.81 bits per heavy atom. The molecule has 0 N–H and O–H groups in total. The molecule has 0 saturated heterocycles. The van der Waals surface area contributed by atoms with Crippen LogP contribution in [0.4, 0.5) is 5.13 Å². The predicted octanol–water partition coefficient (Wildman–Crippen LogP) is 4.90. The van der Waals surface area contributed by atoms with Crippen molar-refractivity contribution in [3.8, 4) is 0 Å². The van der Waals surface area contributed by atoms with Gasteiger partial charge in [-0.25, -0.2) is 4.98 Å². The number of carbonyl (C=O) groups is 1. The summed E-state index contributed by atoms with van der Waals surface area (Å²) < 4.78 is 0.998. The Bertz CT molecular complexity index is 883. The highest BCUT2D eigenvalue weighted by Crippen LogP contribution is 2.33. The van der Waals surface area contributed by atoms with Crippen LogP contribution in [0.3, 0.4) is 0 Å². The average molecular weight is 424 g/mol. The number of hydrogen-bond donors (Lipinski definition) is 0. The van der Waals surface area contributed by atoms with Gasteiger partial charge in [0.25, 0.3) is 0 Å². The van der Waals surface area contributed by atoms with Crippen LogP contribution in [0.5, 0.6) is 0 Å². The van der Waals surface area contributed by atoms with Crippen LogP contribution in [0.1, 0.15) is 12.0 Å². The standard InChI is InChI=1S/C20H22ClN3OS.ClH/c1-23(2)12-7-13-24(18(25)14-15-8-4-3-5-9-15)20-22-19-16(21)10-6-11-17(19)26-20;/h3-6,8-11H,7,12-14H2,1-2H3;1H. The van der Waals surface area contributed by atoms with Crippen LogP contribution in [-0.2, 0) is 11.2 Å².